The summed E-state index contributed by atoms with van der Waals surface area (Å²) in [5, 5.41) is 2.77. The molecule has 0 saturated carbocycles. The van der Waals surface area contributed by atoms with Gasteiger partial charge in [-0.05, 0) is 49.4 Å². The first-order valence-electron chi connectivity index (χ1n) is 10.3. The molecule has 0 spiro atoms. The highest BCUT2D eigenvalue weighted by Crippen LogP contribution is 2.31. The lowest BCUT2D eigenvalue weighted by atomic mass is 10.2. The van der Waals surface area contributed by atoms with Crippen molar-refractivity contribution in [3.05, 3.63) is 82.8 Å². The van der Waals surface area contributed by atoms with Crippen molar-refractivity contribution in [3.8, 4) is 11.5 Å². The van der Waals surface area contributed by atoms with Gasteiger partial charge < -0.3 is 14.8 Å². The van der Waals surface area contributed by atoms with Crippen LogP contribution in [0, 0.1) is 6.92 Å². The Balaban J connectivity index is 1.49. The SMILES string of the molecule is Cc1ccc(S(=O)(=O)N(CC(=O)NCC2COc3ccccc3O2)c2cccc(Br)c2)cc1. The lowest BCUT2D eigenvalue weighted by Crippen LogP contribution is -2.45. The summed E-state index contributed by atoms with van der Waals surface area (Å²) >= 11 is 3.37. The van der Waals surface area contributed by atoms with Gasteiger partial charge >= 0.3 is 0 Å². The number of ether oxygens (including phenoxy) is 2. The highest BCUT2D eigenvalue weighted by molar-refractivity contribution is 9.10. The van der Waals surface area contributed by atoms with Gasteiger partial charge in [-0.15, -0.1) is 0 Å². The van der Waals surface area contributed by atoms with Gasteiger partial charge in [0.05, 0.1) is 17.1 Å². The lowest BCUT2D eigenvalue weighted by Gasteiger charge is -2.27. The summed E-state index contributed by atoms with van der Waals surface area (Å²) in [6, 6.07) is 20.7. The number of benzene rings is 3. The van der Waals surface area contributed by atoms with Crippen molar-refractivity contribution < 1.29 is 22.7 Å². The van der Waals surface area contributed by atoms with Gasteiger partial charge in [0.15, 0.2) is 11.5 Å². The quantitative estimate of drug-likeness (QED) is 0.500. The van der Waals surface area contributed by atoms with Gasteiger partial charge in [0, 0.05) is 4.47 Å². The number of amides is 1. The minimum atomic E-state index is -3.97. The average Bonchev–Trinajstić information content (AvgIpc) is 2.81. The third-order valence-electron chi connectivity index (χ3n) is 5.09. The number of nitrogens with one attached hydrogen (secondary N) is 1. The van der Waals surface area contributed by atoms with Crippen molar-refractivity contribution in [1.82, 2.24) is 5.32 Å². The van der Waals surface area contributed by atoms with Crippen molar-refractivity contribution in [2.45, 2.75) is 17.9 Å². The molecule has 1 unspecified atom stereocenters. The fourth-order valence-corrected chi connectivity index (χ4v) is 5.16. The third-order valence-corrected chi connectivity index (χ3v) is 7.37. The van der Waals surface area contributed by atoms with E-state index in [2.05, 4.69) is 21.2 Å². The van der Waals surface area contributed by atoms with E-state index in [0.29, 0.717) is 21.7 Å². The zero-order chi connectivity index (χ0) is 23.4. The van der Waals surface area contributed by atoms with Crippen molar-refractivity contribution in [2.24, 2.45) is 0 Å². The van der Waals surface area contributed by atoms with Crippen LogP contribution in [0.1, 0.15) is 5.56 Å². The van der Waals surface area contributed by atoms with E-state index in [1.807, 2.05) is 25.1 Å². The number of hydrogen-bond donors (Lipinski definition) is 1. The first kappa shape index (κ1) is 23.1. The molecule has 0 bridgehead atoms. The number of nitrogens with zero attached hydrogens (tertiary/aromatic N) is 1. The van der Waals surface area contributed by atoms with Gasteiger partial charge in [0.1, 0.15) is 19.3 Å². The molecule has 0 aromatic heterocycles. The van der Waals surface area contributed by atoms with Gasteiger partial charge in [-0.25, -0.2) is 8.42 Å². The van der Waals surface area contributed by atoms with E-state index >= 15 is 0 Å². The number of aryl methyl sites for hydroxylation is 1. The number of halogens is 1. The molecular formula is C24H23BrN2O5S. The van der Waals surface area contributed by atoms with Crippen LogP contribution in [0.3, 0.4) is 0 Å². The number of sulfonamides is 1. The maximum Gasteiger partial charge on any atom is 0.264 e. The molecule has 0 radical (unpaired) electrons. The molecule has 0 aliphatic carbocycles. The molecule has 1 amide bonds. The maximum absolute atomic E-state index is 13.4. The summed E-state index contributed by atoms with van der Waals surface area (Å²) in [4.78, 5) is 12.9. The summed E-state index contributed by atoms with van der Waals surface area (Å²) in [5.74, 6) is 0.818. The molecule has 33 heavy (non-hydrogen) atoms. The standard InChI is InChI=1S/C24H23BrN2O5S/c1-17-9-11-21(12-10-17)33(29,30)27(19-6-4-5-18(25)13-19)15-24(28)26-14-20-16-31-22-7-2-3-8-23(22)32-20/h2-13,20H,14-16H2,1H3,(H,26,28). The number of fused-ring (bicyclic) bond motifs is 1. The van der Waals surface area contributed by atoms with E-state index in [1.54, 1.807) is 42.5 Å². The second-order valence-electron chi connectivity index (χ2n) is 7.61. The van der Waals surface area contributed by atoms with Gasteiger partial charge in [-0.3, -0.25) is 9.10 Å². The summed E-state index contributed by atoms with van der Waals surface area (Å²) in [7, 11) is -3.97. The second-order valence-corrected chi connectivity index (χ2v) is 10.4. The van der Waals surface area contributed by atoms with Gasteiger partial charge in [0.2, 0.25) is 5.91 Å². The number of carbonyl (C=O) groups is 1. The Morgan fingerprint density at radius 2 is 1.79 bits per heavy atom. The molecule has 4 rings (SSSR count). The Kier molecular flexibility index (Phi) is 6.90. The van der Waals surface area contributed by atoms with Crippen molar-refractivity contribution >= 4 is 37.5 Å². The van der Waals surface area contributed by atoms with E-state index in [1.165, 1.54) is 12.1 Å². The molecule has 1 N–H and O–H groups in total. The topological polar surface area (TPSA) is 84.9 Å². The fourth-order valence-electron chi connectivity index (χ4n) is 3.36. The van der Waals surface area contributed by atoms with Crippen LogP contribution in [0.2, 0.25) is 0 Å². The predicted molar refractivity (Wildman–Crippen MR) is 129 cm³/mol. The molecule has 0 saturated heterocycles. The molecule has 7 nitrogen and oxygen atoms in total. The highest BCUT2D eigenvalue weighted by atomic mass is 79.9. The van der Waals surface area contributed by atoms with E-state index in [4.69, 9.17) is 9.47 Å². The summed E-state index contributed by atoms with van der Waals surface area (Å²) in [6.45, 7) is 1.97. The molecule has 172 valence electrons. The second kappa shape index (κ2) is 9.84. The molecular weight excluding hydrogens is 508 g/mol. The van der Waals surface area contributed by atoms with Crippen LogP contribution in [0.15, 0.2) is 82.2 Å². The van der Waals surface area contributed by atoms with Crippen LogP contribution in [-0.2, 0) is 14.8 Å². The largest absolute Gasteiger partial charge is 0.486 e. The number of anilines is 1. The van der Waals surface area contributed by atoms with Crippen molar-refractivity contribution in [1.29, 1.82) is 0 Å². The number of rotatable bonds is 7. The van der Waals surface area contributed by atoms with Crippen molar-refractivity contribution in [3.63, 3.8) is 0 Å². The monoisotopic (exact) mass is 530 g/mol. The minimum Gasteiger partial charge on any atom is -0.486 e. The summed E-state index contributed by atoms with van der Waals surface area (Å²) in [5.41, 5.74) is 1.32. The number of carbonyl (C=O) groups excluding carboxylic acids is 1. The third kappa shape index (κ3) is 5.48. The summed E-state index contributed by atoms with van der Waals surface area (Å²) < 4.78 is 40.2. The highest BCUT2D eigenvalue weighted by Gasteiger charge is 2.28. The van der Waals surface area contributed by atoms with Gasteiger partial charge in [-0.1, -0.05) is 51.8 Å². The zero-order valence-electron chi connectivity index (χ0n) is 17.9. The van der Waals surface area contributed by atoms with Crippen LogP contribution in [0.5, 0.6) is 11.5 Å². The number of hydrogen-bond acceptors (Lipinski definition) is 5. The van der Waals surface area contributed by atoms with Crippen LogP contribution >= 0.6 is 15.9 Å². The van der Waals surface area contributed by atoms with Crippen LogP contribution in [-0.4, -0.2) is 40.1 Å². The molecule has 3 aromatic carbocycles. The first-order valence-corrected chi connectivity index (χ1v) is 12.6. The summed E-state index contributed by atoms with van der Waals surface area (Å²) in [6.07, 6.45) is -0.378. The van der Waals surface area contributed by atoms with Crippen LogP contribution in [0.25, 0.3) is 0 Å². The minimum absolute atomic E-state index is 0.112. The Hall–Kier alpha value is -3.04. The normalized spacial score (nSPS) is 15.0. The molecule has 1 atom stereocenters. The zero-order valence-corrected chi connectivity index (χ0v) is 20.3. The molecule has 0 fully saturated rings. The lowest BCUT2D eigenvalue weighted by molar-refractivity contribution is -0.120. The maximum atomic E-state index is 13.4. The van der Waals surface area contributed by atoms with Gasteiger partial charge in [0.25, 0.3) is 10.0 Å². The predicted octanol–water partition coefficient (Wildman–Crippen LogP) is 3.91. The van der Waals surface area contributed by atoms with Crippen molar-refractivity contribution in [2.75, 3.05) is 24.0 Å². The molecule has 9 heteroatoms. The molecule has 1 aliphatic rings. The first-order chi connectivity index (χ1) is 15.8. The molecule has 1 aliphatic heterocycles. The smallest absolute Gasteiger partial charge is 0.264 e. The molecule has 3 aromatic rings. The Morgan fingerprint density at radius 1 is 1.06 bits per heavy atom. The average molecular weight is 531 g/mol. The number of para-hydroxylation sites is 2. The Morgan fingerprint density at radius 3 is 2.52 bits per heavy atom. The van der Waals surface area contributed by atoms with E-state index in [0.717, 1.165) is 9.87 Å². The van der Waals surface area contributed by atoms with E-state index in [-0.39, 0.29) is 30.7 Å². The van der Waals surface area contributed by atoms with Gasteiger partial charge in [-0.2, -0.15) is 0 Å². The van der Waals surface area contributed by atoms with Crippen LogP contribution in [0.4, 0.5) is 5.69 Å². The Bertz CT molecular complexity index is 1250. The Labute approximate surface area is 201 Å². The van der Waals surface area contributed by atoms with Crippen LogP contribution < -0.4 is 19.1 Å². The fraction of sp³-hybridized carbons (Fsp3) is 0.208. The molecule has 1 heterocycles. The van der Waals surface area contributed by atoms with E-state index < -0.39 is 15.9 Å². The van der Waals surface area contributed by atoms with E-state index in [9.17, 15) is 13.2 Å².